The van der Waals surface area contributed by atoms with Crippen molar-refractivity contribution in [1.29, 1.82) is 0 Å². The van der Waals surface area contributed by atoms with Crippen LogP contribution in [0, 0.1) is 0 Å². The fourth-order valence-corrected chi connectivity index (χ4v) is 2.95. The summed E-state index contributed by atoms with van der Waals surface area (Å²) in [4.78, 5) is 27.2. The molecule has 0 bridgehead atoms. The first-order valence-electron chi connectivity index (χ1n) is 7.48. The number of nitrogens with zero attached hydrogens (tertiary/aromatic N) is 2. The monoisotopic (exact) mass is 267 g/mol. The van der Waals surface area contributed by atoms with Gasteiger partial charge in [0.05, 0.1) is 0 Å². The molecule has 1 saturated heterocycles. The maximum Gasteiger partial charge on any atom is 0.317 e. The second kappa shape index (κ2) is 6.78. The van der Waals surface area contributed by atoms with Gasteiger partial charge in [0.15, 0.2) is 0 Å². The van der Waals surface area contributed by atoms with E-state index in [1.165, 1.54) is 19.3 Å². The van der Waals surface area contributed by atoms with Gasteiger partial charge in [-0.1, -0.05) is 19.3 Å². The molecule has 0 unspecified atom stereocenters. The molecule has 0 aromatic heterocycles. The minimum atomic E-state index is 0.0531. The van der Waals surface area contributed by atoms with E-state index < -0.39 is 0 Å². The van der Waals surface area contributed by atoms with E-state index in [4.69, 9.17) is 0 Å². The predicted molar refractivity (Wildman–Crippen MR) is 73.8 cm³/mol. The maximum atomic E-state index is 12.2. The van der Waals surface area contributed by atoms with Crippen molar-refractivity contribution < 1.29 is 9.59 Å². The van der Waals surface area contributed by atoms with Crippen LogP contribution in [0.4, 0.5) is 4.79 Å². The van der Waals surface area contributed by atoms with E-state index in [0.29, 0.717) is 19.1 Å². The summed E-state index contributed by atoms with van der Waals surface area (Å²) >= 11 is 0. The molecule has 2 rings (SSSR count). The predicted octanol–water partition coefficient (Wildman–Crippen LogP) is 1.58. The molecule has 0 aromatic carbocycles. The average Bonchev–Trinajstić information content (AvgIpc) is 2.65. The van der Waals surface area contributed by atoms with Crippen molar-refractivity contribution in [2.75, 3.05) is 26.2 Å². The van der Waals surface area contributed by atoms with Gasteiger partial charge in [-0.25, -0.2) is 4.79 Å². The Morgan fingerprint density at radius 2 is 1.53 bits per heavy atom. The lowest BCUT2D eigenvalue weighted by molar-refractivity contribution is -0.128. The molecule has 5 heteroatoms. The molecule has 0 atom stereocenters. The zero-order valence-electron chi connectivity index (χ0n) is 11.9. The van der Waals surface area contributed by atoms with Crippen molar-refractivity contribution in [1.82, 2.24) is 15.1 Å². The Morgan fingerprint density at radius 1 is 0.895 bits per heavy atom. The molecule has 2 fully saturated rings. The second-order valence-corrected chi connectivity index (χ2v) is 5.63. The molecular formula is C14H25N3O2. The van der Waals surface area contributed by atoms with Gasteiger partial charge in [-0.2, -0.15) is 0 Å². The first kappa shape index (κ1) is 14.2. The van der Waals surface area contributed by atoms with Gasteiger partial charge in [0.1, 0.15) is 0 Å². The number of carbonyl (C=O) groups excluding carboxylic acids is 2. The van der Waals surface area contributed by atoms with E-state index in [9.17, 15) is 9.59 Å². The normalized spacial score (nSPS) is 21.9. The molecule has 0 spiro atoms. The number of hydrogen-bond acceptors (Lipinski definition) is 2. The van der Waals surface area contributed by atoms with Gasteiger partial charge in [-0.3, -0.25) is 4.79 Å². The van der Waals surface area contributed by atoms with Crippen LogP contribution in [0.5, 0.6) is 0 Å². The van der Waals surface area contributed by atoms with Crippen LogP contribution in [0.15, 0.2) is 0 Å². The third-order valence-electron chi connectivity index (χ3n) is 4.16. The Labute approximate surface area is 115 Å². The lowest BCUT2D eigenvalue weighted by atomic mass is 9.96. The second-order valence-electron chi connectivity index (χ2n) is 5.63. The Bertz CT molecular complexity index is 327. The maximum absolute atomic E-state index is 12.2. The van der Waals surface area contributed by atoms with Crippen molar-refractivity contribution in [3.8, 4) is 0 Å². The Kier molecular flexibility index (Phi) is 5.05. The third kappa shape index (κ3) is 4.11. The van der Waals surface area contributed by atoms with E-state index in [-0.39, 0.29) is 11.9 Å². The summed E-state index contributed by atoms with van der Waals surface area (Å²) in [6, 6.07) is 0.408. The molecular weight excluding hydrogens is 242 g/mol. The number of amides is 3. The number of nitrogens with one attached hydrogen (secondary N) is 1. The Balaban J connectivity index is 1.80. The number of urea groups is 1. The summed E-state index contributed by atoms with van der Waals surface area (Å²) in [5.74, 6) is 0.106. The van der Waals surface area contributed by atoms with Gasteiger partial charge in [-0.15, -0.1) is 0 Å². The van der Waals surface area contributed by atoms with E-state index in [1.807, 2.05) is 9.80 Å². The molecule has 1 saturated carbocycles. The van der Waals surface area contributed by atoms with Gasteiger partial charge in [0.25, 0.3) is 0 Å². The van der Waals surface area contributed by atoms with E-state index >= 15 is 0 Å². The van der Waals surface area contributed by atoms with Crippen molar-refractivity contribution in [2.24, 2.45) is 0 Å². The Morgan fingerprint density at radius 3 is 2.21 bits per heavy atom. The van der Waals surface area contributed by atoms with Crippen LogP contribution in [-0.4, -0.2) is 54.0 Å². The van der Waals surface area contributed by atoms with Crippen molar-refractivity contribution in [3.05, 3.63) is 0 Å². The van der Waals surface area contributed by atoms with E-state index in [0.717, 1.165) is 32.4 Å². The van der Waals surface area contributed by atoms with Crippen molar-refractivity contribution in [3.63, 3.8) is 0 Å². The molecule has 108 valence electrons. The third-order valence-corrected chi connectivity index (χ3v) is 4.16. The van der Waals surface area contributed by atoms with Crippen molar-refractivity contribution in [2.45, 2.75) is 51.5 Å². The summed E-state index contributed by atoms with van der Waals surface area (Å²) in [5, 5.41) is 3.14. The molecule has 3 amide bonds. The Hall–Kier alpha value is -1.26. The summed E-state index contributed by atoms with van der Waals surface area (Å²) in [7, 11) is 0. The summed E-state index contributed by atoms with van der Waals surface area (Å²) in [6.45, 7) is 4.42. The highest BCUT2D eigenvalue weighted by molar-refractivity contribution is 5.75. The summed E-state index contributed by atoms with van der Waals surface area (Å²) in [5.41, 5.74) is 0. The highest BCUT2D eigenvalue weighted by atomic mass is 16.2. The van der Waals surface area contributed by atoms with Crippen LogP contribution in [-0.2, 0) is 4.79 Å². The molecule has 1 heterocycles. The van der Waals surface area contributed by atoms with Crippen molar-refractivity contribution >= 4 is 11.9 Å². The minimum absolute atomic E-state index is 0.0531. The van der Waals surface area contributed by atoms with Crippen LogP contribution in [0.2, 0.25) is 0 Å². The SMILES string of the molecule is CC(=O)N1CCCN(C(=O)NC2CCCCC2)CC1. The largest absolute Gasteiger partial charge is 0.341 e. The van der Waals surface area contributed by atoms with Crippen LogP contribution < -0.4 is 5.32 Å². The zero-order valence-corrected chi connectivity index (χ0v) is 11.9. The smallest absolute Gasteiger partial charge is 0.317 e. The van der Waals surface area contributed by atoms with Gasteiger partial charge in [0.2, 0.25) is 5.91 Å². The highest BCUT2D eigenvalue weighted by Crippen LogP contribution is 2.17. The fourth-order valence-electron chi connectivity index (χ4n) is 2.95. The number of hydrogen-bond donors (Lipinski definition) is 1. The zero-order chi connectivity index (χ0) is 13.7. The van der Waals surface area contributed by atoms with Crippen LogP contribution >= 0.6 is 0 Å². The molecule has 1 N–H and O–H groups in total. The van der Waals surface area contributed by atoms with Gasteiger partial charge < -0.3 is 15.1 Å². The summed E-state index contributed by atoms with van der Waals surface area (Å²) in [6.07, 6.45) is 6.84. The molecule has 2 aliphatic rings. The van der Waals surface area contributed by atoms with E-state index in [2.05, 4.69) is 5.32 Å². The number of rotatable bonds is 1. The topological polar surface area (TPSA) is 52.7 Å². The molecule has 0 aromatic rings. The highest BCUT2D eigenvalue weighted by Gasteiger charge is 2.22. The first-order chi connectivity index (χ1) is 9.16. The van der Waals surface area contributed by atoms with Crippen LogP contribution in [0.1, 0.15) is 45.4 Å². The average molecular weight is 267 g/mol. The molecule has 1 aliphatic carbocycles. The molecule has 0 radical (unpaired) electrons. The van der Waals surface area contributed by atoms with Gasteiger partial charge in [-0.05, 0) is 19.3 Å². The first-order valence-corrected chi connectivity index (χ1v) is 7.48. The van der Waals surface area contributed by atoms with Gasteiger partial charge in [0, 0.05) is 39.1 Å². The van der Waals surface area contributed by atoms with Crippen LogP contribution in [0.3, 0.4) is 0 Å². The lowest BCUT2D eigenvalue weighted by Crippen LogP contribution is -2.46. The summed E-state index contributed by atoms with van der Waals surface area (Å²) < 4.78 is 0. The molecule has 19 heavy (non-hydrogen) atoms. The molecule has 5 nitrogen and oxygen atoms in total. The fraction of sp³-hybridized carbons (Fsp3) is 0.857. The van der Waals surface area contributed by atoms with Crippen LogP contribution in [0.25, 0.3) is 0 Å². The molecule has 1 aliphatic heterocycles. The van der Waals surface area contributed by atoms with E-state index in [1.54, 1.807) is 6.92 Å². The quantitative estimate of drug-likeness (QED) is 0.784. The van der Waals surface area contributed by atoms with Gasteiger partial charge >= 0.3 is 6.03 Å². The standard InChI is InChI=1S/C14H25N3O2/c1-12(18)16-8-5-9-17(11-10-16)14(19)15-13-6-3-2-4-7-13/h13H,2-11H2,1H3,(H,15,19). The lowest BCUT2D eigenvalue weighted by Gasteiger charge is -2.27. The number of carbonyl (C=O) groups is 2. The minimum Gasteiger partial charge on any atom is -0.341 e.